The molecule has 0 saturated carbocycles. The number of nitrogens with one attached hydrogen (secondary N) is 1. The number of hydrogen-bond acceptors (Lipinski definition) is 4. The molecule has 3 unspecified atom stereocenters. The lowest BCUT2D eigenvalue weighted by Gasteiger charge is -2.23. The Hall–Kier alpha value is -1.17. The molecule has 0 bridgehead atoms. The molecule has 5 heteroatoms. The molecule has 422 valence electrons. The standard InChI is InChI=1S/C66H129NO4/c1-3-5-7-9-11-13-15-17-19-21-23-24-25-26-27-28-29-30-31-32-33-34-35-36-37-38-39-40-41-43-45-47-49-51-53-55-57-59-61-65(70)66(71)67-63(62-68)64(69)60-58-56-54-52-50-48-46-44-42-22-20-18-16-14-12-10-8-6-4-2/h29-30,32-33,63-65,68-70H,3-28,31,34-62H2,1-2H3,(H,67,71)/b30-29-,33-32-. The molecule has 0 rings (SSSR count). The van der Waals surface area contributed by atoms with Gasteiger partial charge in [0.25, 0.3) is 0 Å². The monoisotopic (exact) mass is 1000 g/mol. The van der Waals surface area contributed by atoms with Crippen LogP contribution in [0.3, 0.4) is 0 Å². The Bertz CT molecular complexity index is 1060. The molecule has 0 aromatic heterocycles. The first-order valence-electron chi connectivity index (χ1n) is 32.6. The lowest BCUT2D eigenvalue weighted by molar-refractivity contribution is -0.131. The minimum absolute atomic E-state index is 0.310. The minimum Gasteiger partial charge on any atom is -0.394 e. The van der Waals surface area contributed by atoms with Gasteiger partial charge in [-0.05, 0) is 44.9 Å². The third-order valence-corrected chi connectivity index (χ3v) is 15.6. The maximum Gasteiger partial charge on any atom is 0.249 e. The zero-order valence-corrected chi connectivity index (χ0v) is 48.4. The molecular formula is C66H129NO4. The third-order valence-electron chi connectivity index (χ3n) is 15.6. The van der Waals surface area contributed by atoms with Gasteiger partial charge in [-0.3, -0.25) is 4.79 Å². The zero-order chi connectivity index (χ0) is 51.4. The molecule has 5 nitrogen and oxygen atoms in total. The first kappa shape index (κ1) is 69.8. The van der Waals surface area contributed by atoms with Gasteiger partial charge in [-0.25, -0.2) is 0 Å². The highest BCUT2D eigenvalue weighted by molar-refractivity contribution is 5.80. The van der Waals surface area contributed by atoms with Gasteiger partial charge in [-0.1, -0.05) is 346 Å². The highest BCUT2D eigenvalue weighted by atomic mass is 16.3. The summed E-state index contributed by atoms with van der Waals surface area (Å²) in [5, 5.41) is 33.6. The van der Waals surface area contributed by atoms with Crippen molar-refractivity contribution in [3.8, 4) is 0 Å². The molecule has 0 aliphatic carbocycles. The number of aliphatic hydroxyl groups is 3. The summed E-state index contributed by atoms with van der Waals surface area (Å²) in [6.07, 6.45) is 79.8. The molecule has 0 spiro atoms. The van der Waals surface area contributed by atoms with Crippen LogP contribution in [0.1, 0.15) is 367 Å². The van der Waals surface area contributed by atoms with E-state index in [0.717, 1.165) is 38.5 Å². The molecule has 0 heterocycles. The average molecular weight is 1000 g/mol. The summed E-state index contributed by atoms with van der Waals surface area (Å²) in [7, 11) is 0. The highest BCUT2D eigenvalue weighted by Crippen LogP contribution is 2.19. The summed E-state index contributed by atoms with van der Waals surface area (Å²) in [6.45, 7) is 4.28. The van der Waals surface area contributed by atoms with Crippen molar-refractivity contribution in [2.75, 3.05) is 6.61 Å². The second kappa shape index (κ2) is 61.4. The van der Waals surface area contributed by atoms with Crippen molar-refractivity contribution in [3.05, 3.63) is 24.3 Å². The molecule has 71 heavy (non-hydrogen) atoms. The first-order chi connectivity index (χ1) is 35.1. The number of amides is 1. The molecule has 0 saturated heterocycles. The molecule has 4 N–H and O–H groups in total. The molecular weight excluding hydrogens is 871 g/mol. The topological polar surface area (TPSA) is 89.8 Å². The fraction of sp³-hybridized carbons (Fsp3) is 0.924. The molecule has 0 radical (unpaired) electrons. The lowest BCUT2D eigenvalue weighted by Crippen LogP contribution is -2.49. The molecule has 0 aromatic rings. The van der Waals surface area contributed by atoms with E-state index in [4.69, 9.17) is 0 Å². The van der Waals surface area contributed by atoms with Crippen LogP contribution in [0.15, 0.2) is 24.3 Å². The Morgan fingerprint density at radius 1 is 0.338 bits per heavy atom. The highest BCUT2D eigenvalue weighted by Gasteiger charge is 2.23. The van der Waals surface area contributed by atoms with Crippen LogP contribution in [-0.2, 0) is 4.79 Å². The molecule has 0 aliphatic rings. The second-order valence-corrected chi connectivity index (χ2v) is 22.7. The summed E-state index contributed by atoms with van der Waals surface area (Å²) in [5.41, 5.74) is 0. The van der Waals surface area contributed by atoms with Crippen LogP contribution in [0.25, 0.3) is 0 Å². The van der Waals surface area contributed by atoms with Gasteiger partial charge in [-0.2, -0.15) is 0 Å². The van der Waals surface area contributed by atoms with Gasteiger partial charge in [0.15, 0.2) is 0 Å². The first-order valence-corrected chi connectivity index (χ1v) is 32.6. The third kappa shape index (κ3) is 56.4. The van der Waals surface area contributed by atoms with Crippen molar-refractivity contribution in [3.63, 3.8) is 0 Å². The van der Waals surface area contributed by atoms with E-state index in [1.165, 1.54) is 302 Å². The average Bonchev–Trinajstić information content (AvgIpc) is 3.38. The number of carbonyl (C=O) groups is 1. The van der Waals surface area contributed by atoms with Crippen molar-refractivity contribution >= 4 is 5.91 Å². The maximum absolute atomic E-state index is 12.6. The summed E-state index contributed by atoms with van der Waals surface area (Å²) >= 11 is 0. The lowest BCUT2D eigenvalue weighted by atomic mass is 10.0. The van der Waals surface area contributed by atoms with Crippen LogP contribution in [0.4, 0.5) is 0 Å². The predicted octanol–water partition coefficient (Wildman–Crippen LogP) is 20.8. The second-order valence-electron chi connectivity index (χ2n) is 22.7. The summed E-state index contributed by atoms with van der Waals surface area (Å²) in [5.74, 6) is -0.464. The van der Waals surface area contributed by atoms with Crippen molar-refractivity contribution < 1.29 is 20.1 Å². The molecule has 3 atom stereocenters. The van der Waals surface area contributed by atoms with E-state index in [1.807, 2.05) is 0 Å². The van der Waals surface area contributed by atoms with E-state index in [0.29, 0.717) is 12.8 Å². The van der Waals surface area contributed by atoms with Gasteiger partial charge < -0.3 is 20.6 Å². The SMILES string of the molecule is CCCCCCCCCCCCCCCCC/C=C\C/C=C\CCCCCCCCCCCCCCCCCCC(O)C(=O)NC(CO)C(O)CCCCCCCCCCCCCCCCCCCCC. The van der Waals surface area contributed by atoms with Crippen molar-refractivity contribution in [2.45, 2.75) is 385 Å². The largest absolute Gasteiger partial charge is 0.394 e. The molecule has 0 aliphatic heterocycles. The Kier molecular flexibility index (Phi) is 60.4. The van der Waals surface area contributed by atoms with Gasteiger partial charge in [0, 0.05) is 0 Å². The number of allylic oxidation sites excluding steroid dienone is 4. The van der Waals surface area contributed by atoms with Crippen molar-refractivity contribution in [2.24, 2.45) is 0 Å². The molecule has 0 fully saturated rings. The Morgan fingerprint density at radius 3 is 0.845 bits per heavy atom. The van der Waals surface area contributed by atoms with Crippen molar-refractivity contribution in [1.82, 2.24) is 5.32 Å². The van der Waals surface area contributed by atoms with Crippen LogP contribution in [0.5, 0.6) is 0 Å². The van der Waals surface area contributed by atoms with Gasteiger partial charge in [0.1, 0.15) is 6.10 Å². The fourth-order valence-electron chi connectivity index (χ4n) is 10.5. The number of rotatable bonds is 61. The summed E-state index contributed by atoms with van der Waals surface area (Å²) in [4.78, 5) is 12.6. The van der Waals surface area contributed by atoms with E-state index < -0.39 is 24.2 Å². The quantitative estimate of drug-likeness (QED) is 0.0361. The van der Waals surface area contributed by atoms with Gasteiger partial charge in [0.2, 0.25) is 5.91 Å². The fourth-order valence-corrected chi connectivity index (χ4v) is 10.5. The minimum atomic E-state index is -1.07. The summed E-state index contributed by atoms with van der Waals surface area (Å²) in [6, 6.07) is -0.711. The van der Waals surface area contributed by atoms with E-state index in [9.17, 15) is 20.1 Å². The Balaban J connectivity index is 3.46. The van der Waals surface area contributed by atoms with Crippen LogP contribution in [0, 0.1) is 0 Å². The number of unbranched alkanes of at least 4 members (excludes halogenated alkanes) is 49. The number of hydrogen-bond donors (Lipinski definition) is 4. The van der Waals surface area contributed by atoms with E-state index in [2.05, 4.69) is 43.5 Å². The predicted molar refractivity (Wildman–Crippen MR) is 315 cm³/mol. The Morgan fingerprint density at radius 2 is 0.577 bits per heavy atom. The van der Waals surface area contributed by atoms with Crippen molar-refractivity contribution in [1.29, 1.82) is 0 Å². The number of aliphatic hydroxyl groups excluding tert-OH is 3. The van der Waals surface area contributed by atoms with Crippen LogP contribution >= 0.6 is 0 Å². The van der Waals surface area contributed by atoms with Crippen LogP contribution in [0.2, 0.25) is 0 Å². The zero-order valence-electron chi connectivity index (χ0n) is 48.4. The smallest absolute Gasteiger partial charge is 0.249 e. The van der Waals surface area contributed by atoms with Crippen LogP contribution < -0.4 is 5.32 Å². The number of carbonyl (C=O) groups excluding carboxylic acids is 1. The molecule has 1 amide bonds. The normalized spacial score (nSPS) is 13.3. The Labute approximate surface area is 445 Å². The van der Waals surface area contributed by atoms with Gasteiger partial charge >= 0.3 is 0 Å². The van der Waals surface area contributed by atoms with E-state index >= 15 is 0 Å². The molecule has 0 aromatic carbocycles. The van der Waals surface area contributed by atoms with Gasteiger partial charge in [0.05, 0.1) is 18.8 Å². The van der Waals surface area contributed by atoms with E-state index in [1.54, 1.807) is 0 Å². The van der Waals surface area contributed by atoms with Crippen LogP contribution in [-0.4, -0.2) is 46.1 Å². The van der Waals surface area contributed by atoms with Gasteiger partial charge in [-0.15, -0.1) is 0 Å². The summed E-state index contributed by atoms with van der Waals surface area (Å²) < 4.78 is 0. The maximum atomic E-state index is 12.6. The van der Waals surface area contributed by atoms with E-state index in [-0.39, 0.29) is 6.61 Å².